The van der Waals surface area contributed by atoms with Gasteiger partial charge >= 0.3 is 17.4 Å². The zero-order valence-electron chi connectivity index (χ0n) is 5.11. The molecule has 0 atom stereocenters. The van der Waals surface area contributed by atoms with Crippen LogP contribution in [0.2, 0.25) is 0 Å². The smallest absolute Gasteiger partial charge is 1.00 e. The monoisotopic (exact) mass is 480 g/mol. The third-order valence-corrected chi connectivity index (χ3v) is 0.407. The SMILES string of the molecule is CCCC=O.[Al+3].[I-].[I-].[I-]. The van der Waals surface area contributed by atoms with Crippen molar-refractivity contribution in [2.24, 2.45) is 0 Å². The molecule has 0 fully saturated rings. The van der Waals surface area contributed by atoms with E-state index >= 15 is 0 Å². The van der Waals surface area contributed by atoms with Gasteiger partial charge in [0.15, 0.2) is 0 Å². The number of hydrogen-bond acceptors (Lipinski definition) is 1. The molecule has 0 N–H and O–H groups in total. The Kier molecular flexibility index (Phi) is 105. The Labute approximate surface area is 118 Å². The zero-order valence-corrected chi connectivity index (χ0v) is 12.7. The molecule has 0 amide bonds. The van der Waals surface area contributed by atoms with Gasteiger partial charge in [-0.2, -0.15) is 0 Å². The molecule has 0 radical (unpaired) electrons. The molecule has 0 aromatic rings. The maximum absolute atomic E-state index is 9.40. The number of halogens is 3. The zero-order chi connectivity index (χ0) is 4.12. The Bertz CT molecular complexity index is 37.0. The Hall–Kier alpha value is 2.39. The number of hydrogen-bond donors (Lipinski definition) is 0. The van der Waals surface area contributed by atoms with Gasteiger partial charge in [0, 0.05) is 6.42 Å². The second-order valence-electron chi connectivity index (χ2n) is 0.955. The molecule has 54 valence electrons. The molecule has 0 heterocycles. The number of carbonyl (C=O) groups is 1. The van der Waals surface area contributed by atoms with Crippen molar-refractivity contribution in [1.29, 1.82) is 0 Å². The minimum Gasteiger partial charge on any atom is -1.00 e. The van der Waals surface area contributed by atoms with Crippen LogP contribution in [0.1, 0.15) is 19.8 Å². The van der Waals surface area contributed by atoms with E-state index in [4.69, 9.17) is 0 Å². The van der Waals surface area contributed by atoms with E-state index in [9.17, 15) is 4.79 Å². The van der Waals surface area contributed by atoms with Crippen LogP contribution in [0.5, 0.6) is 0 Å². The van der Waals surface area contributed by atoms with Crippen LogP contribution >= 0.6 is 0 Å². The predicted molar refractivity (Wildman–Crippen MR) is 26.7 cm³/mol. The predicted octanol–water partition coefficient (Wildman–Crippen LogP) is -8.38. The van der Waals surface area contributed by atoms with Gasteiger partial charge in [-0.05, 0) is 6.42 Å². The van der Waals surface area contributed by atoms with Crippen molar-refractivity contribution in [2.75, 3.05) is 0 Å². The van der Waals surface area contributed by atoms with E-state index in [1.807, 2.05) is 6.92 Å². The maximum Gasteiger partial charge on any atom is 3.00 e. The number of carbonyl (C=O) groups excluding carboxylic acids is 1. The quantitative estimate of drug-likeness (QED) is 0.219. The molecule has 0 aliphatic rings. The summed E-state index contributed by atoms with van der Waals surface area (Å²) in [6, 6.07) is 0. The van der Waals surface area contributed by atoms with Crippen molar-refractivity contribution in [1.82, 2.24) is 0 Å². The van der Waals surface area contributed by atoms with Gasteiger partial charge in [0.25, 0.3) is 0 Å². The van der Waals surface area contributed by atoms with E-state index in [2.05, 4.69) is 0 Å². The minimum atomic E-state index is 0. The molecule has 0 aliphatic heterocycles. The first-order valence-corrected chi connectivity index (χ1v) is 1.85. The van der Waals surface area contributed by atoms with Crippen molar-refractivity contribution in [3.8, 4) is 0 Å². The number of unbranched alkanes of at least 4 members (excludes halogenated alkanes) is 1. The summed E-state index contributed by atoms with van der Waals surface area (Å²) in [7, 11) is 0. The van der Waals surface area contributed by atoms with Crippen molar-refractivity contribution in [3.05, 3.63) is 0 Å². The van der Waals surface area contributed by atoms with Crippen LogP contribution in [0.15, 0.2) is 0 Å². The van der Waals surface area contributed by atoms with Gasteiger partial charge in [-0.25, -0.2) is 0 Å². The fraction of sp³-hybridized carbons (Fsp3) is 0.750. The van der Waals surface area contributed by atoms with E-state index < -0.39 is 0 Å². The summed E-state index contributed by atoms with van der Waals surface area (Å²) >= 11 is 0. The van der Waals surface area contributed by atoms with Gasteiger partial charge in [-0.15, -0.1) is 0 Å². The molecule has 5 heteroatoms. The topological polar surface area (TPSA) is 17.1 Å². The first-order valence-electron chi connectivity index (χ1n) is 1.85. The van der Waals surface area contributed by atoms with E-state index in [0.29, 0.717) is 6.42 Å². The summed E-state index contributed by atoms with van der Waals surface area (Å²) in [6.45, 7) is 1.98. The Balaban J connectivity index is -0.0000000133. The van der Waals surface area contributed by atoms with E-state index in [-0.39, 0.29) is 89.3 Å². The fourth-order valence-electron chi connectivity index (χ4n) is 0.118. The summed E-state index contributed by atoms with van der Waals surface area (Å²) in [6.07, 6.45) is 2.61. The summed E-state index contributed by atoms with van der Waals surface area (Å²) in [5.41, 5.74) is 0. The van der Waals surface area contributed by atoms with Crippen molar-refractivity contribution < 1.29 is 76.7 Å². The average Bonchev–Trinajstić information content (AvgIpc) is 1.41. The molecule has 0 aliphatic carbocycles. The summed E-state index contributed by atoms with van der Waals surface area (Å²) in [4.78, 5) is 9.40. The van der Waals surface area contributed by atoms with E-state index in [1.165, 1.54) is 0 Å². The first kappa shape index (κ1) is 30.1. The molecule has 0 bridgehead atoms. The average molecular weight is 480 g/mol. The first-order chi connectivity index (χ1) is 2.41. The third kappa shape index (κ3) is 37.9. The molecule has 0 saturated heterocycles. The molecule has 0 aromatic carbocycles. The largest absolute Gasteiger partial charge is 3.00 e. The molecule has 1 nitrogen and oxygen atoms in total. The van der Waals surface area contributed by atoms with Crippen LogP contribution in [0.3, 0.4) is 0 Å². The standard InChI is InChI=1S/C4H8O.Al.3HI/c1-2-3-4-5;;;;/h4H,2-3H2,1H3;;3*1H/q;+3;;;/p-3. The minimum absolute atomic E-state index is 0. The molecule has 0 unspecified atom stereocenters. The number of aldehydes is 1. The van der Waals surface area contributed by atoms with Gasteiger partial charge in [-0.1, -0.05) is 6.92 Å². The number of rotatable bonds is 2. The third-order valence-electron chi connectivity index (χ3n) is 0.407. The second-order valence-corrected chi connectivity index (χ2v) is 0.955. The van der Waals surface area contributed by atoms with Crippen LogP contribution in [-0.4, -0.2) is 23.6 Å². The normalized spacial score (nSPS) is 4.11. The Morgan fingerprint density at radius 2 is 1.56 bits per heavy atom. The van der Waals surface area contributed by atoms with Gasteiger partial charge < -0.3 is 76.7 Å². The van der Waals surface area contributed by atoms with Gasteiger partial charge in [-0.3, -0.25) is 0 Å². The van der Waals surface area contributed by atoms with Crippen molar-refractivity contribution >= 4 is 23.6 Å². The second kappa shape index (κ2) is 31.5. The van der Waals surface area contributed by atoms with Crippen LogP contribution < -0.4 is 71.9 Å². The molecule has 9 heavy (non-hydrogen) atoms. The summed E-state index contributed by atoms with van der Waals surface area (Å²) < 4.78 is 0. The molecule has 0 spiro atoms. The van der Waals surface area contributed by atoms with E-state index in [0.717, 1.165) is 12.7 Å². The van der Waals surface area contributed by atoms with Crippen molar-refractivity contribution in [2.45, 2.75) is 19.8 Å². The molecular formula is C4H8AlI3O. The van der Waals surface area contributed by atoms with Gasteiger partial charge in [0.05, 0.1) is 0 Å². The van der Waals surface area contributed by atoms with Gasteiger partial charge in [0.2, 0.25) is 0 Å². The Morgan fingerprint density at radius 1 is 1.22 bits per heavy atom. The van der Waals surface area contributed by atoms with Gasteiger partial charge in [0.1, 0.15) is 6.29 Å². The van der Waals surface area contributed by atoms with Crippen LogP contribution in [0, 0.1) is 0 Å². The van der Waals surface area contributed by atoms with Crippen molar-refractivity contribution in [3.63, 3.8) is 0 Å². The maximum atomic E-state index is 9.40. The van der Waals surface area contributed by atoms with Crippen LogP contribution in [0.25, 0.3) is 0 Å². The van der Waals surface area contributed by atoms with E-state index in [1.54, 1.807) is 0 Å². The molecule has 0 aromatic heterocycles. The van der Waals surface area contributed by atoms with Crippen LogP contribution in [0.4, 0.5) is 0 Å². The Morgan fingerprint density at radius 3 is 1.56 bits per heavy atom. The molecule has 0 rings (SSSR count). The summed E-state index contributed by atoms with van der Waals surface area (Å²) in [5.74, 6) is 0. The summed E-state index contributed by atoms with van der Waals surface area (Å²) in [5, 5.41) is 0. The fourth-order valence-corrected chi connectivity index (χ4v) is 0.118. The van der Waals surface area contributed by atoms with Crippen LogP contribution in [-0.2, 0) is 4.79 Å². The molecule has 0 saturated carbocycles. The molecular weight excluding hydrogens is 472 g/mol.